The maximum atomic E-state index is 6.21. The molecular weight excluding hydrogens is 372 g/mol. The Labute approximate surface area is 172 Å². The SMILES string of the molecule is C/C=C/c1cc(OC)c(O[C@H](C)Cc2cc(OC)c(OC)c(OC)c2)c(OC)c1. The second kappa shape index (κ2) is 10.5. The van der Waals surface area contributed by atoms with E-state index in [9.17, 15) is 0 Å². The molecule has 0 aromatic heterocycles. The summed E-state index contributed by atoms with van der Waals surface area (Å²) < 4.78 is 33.5. The van der Waals surface area contributed by atoms with Gasteiger partial charge in [0.2, 0.25) is 11.5 Å². The molecule has 6 nitrogen and oxygen atoms in total. The lowest BCUT2D eigenvalue weighted by Crippen LogP contribution is -2.16. The van der Waals surface area contributed by atoms with Crippen LogP contribution in [-0.4, -0.2) is 41.7 Å². The van der Waals surface area contributed by atoms with Gasteiger partial charge in [-0.2, -0.15) is 0 Å². The molecule has 0 amide bonds. The van der Waals surface area contributed by atoms with Gasteiger partial charge in [0, 0.05) is 6.42 Å². The van der Waals surface area contributed by atoms with E-state index in [4.69, 9.17) is 28.4 Å². The minimum absolute atomic E-state index is 0.159. The molecule has 2 rings (SSSR count). The number of ether oxygens (including phenoxy) is 6. The van der Waals surface area contributed by atoms with Gasteiger partial charge in [-0.1, -0.05) is 12.2 Å². The standard InChI is InChI=1S/C23H30O6/c1-8-9-16-11-20(26-5)23(21(12-16)27-6)29-15(2)10-17-13-18(24-3)22(28-7)19(14-17)25-4/h8-9,11-15H,10H2,1-7H3/b9-8+/t15-/m1/s1. The molecule has 6 heteroatoms. The van der Waals surface area contributed by atoms with E-state index in [-0.39, 0.29) is 6.10 Å². The van der Waals surface area contributed by atoms with Crippen LogP contribution in [0.15, 0.2) is 30.3 Å². The Morgan fingerprint density at radius 3 is 1.62 bits per heavy atom. The quantitative estimate of drug-likeness (QED) is 0.570. The maximum absolute atomic E-state index is 6.21. The Bertz CT molecular complexity index is 793. The molecule has 0 saturated heterocycles. The van der Waals surface area contributed by atoms with Crippen LogP contribution in [0.2, 0.25) is 0 Å². The maximum Gasteiger partial charge on any atom is 0.203 e. The number of benzene rings is 2. The lowest BCUT2D eigenvalue weighted by molar-refractivity contribution is 0.201. The third-order valence-electron chi connectivity index (χ3n) is 4.41. The Balaban J connectivity index is 2.30. The summed E-state index contributed by atoms with van der Waals surface area (Å²) in [7, 11) is 8.02. The summed E-state index contributed by atoms with van der Waals surface area (Å²) in [5, 5.41) is 0. The van der Waals surface area contributed by atoms with Crippen molar-refractivity contribution in [1.29, 1.82) is 0 Å². The number of allylic oxidation sites excluding steroid dienone is 1. The highest BCUT2D eigenvalue weighted by Crippen LogP contribution is 2.41. The van der Waals surface area contributed by atoms with Gasteiger partial charge in [0.1, 0.15) is 6.10 Å². The Morgan fingerprint density at radius 2 is 1.21 bits per heavy atom. The molecule has 0 saturated carbocycles. The van der Waals surface area contributed by atoms with Crippen LogP contribution in [-0.2, 0) is 6.42 Å². The zero-order valence-electron chi connectivity index (χ0n) is 18.2. The highest BCUT2D eigenvalue weighted by Gasteiger charge is 2.19. The topological polar surface area (TPSA) is 55.4 Å². The number of methoxy groups -OCH3 is 5. The predicted octanol–water partition coefficient (Wildman–Crippen LogP) is 4.77. The van der Waals surface area contributed by atoms with Crippen molar-refractivity contribution in [3.63, 3.8) is 0 Å². The Kier molecular flexibility index (Phi) is 8.07. The van der Waals surface area contributed by atoms with Gasteiger partial charge in [-0.25, -0.2) is 0 Å². The van der Waals surface area contributed by atoms with Crippen molar-refractivity contribution in [3.05, 3.63) is 41.5 Å². The summed E-state index contributed by atoms with van der Waals surface area (Å²) in [6, 6.07) is 7.68. The molecule has 0 aliphatic rings. The third-order valence-corrected chi connectivity index (χ3v) is 4.41. The summed E-state index contributed by atoms with van der Waals surface area (Å²) in [6.45, 7) is 3.95. The van der Waals surface area contributed by atoms with Crippen LogP contribution in [0.5, 0.6) is 34.5 Å². The van der Waals surface area contributed by atoms with Crippen LogP contribution < -0.4 is 28.4 Å². The second-order valence-electron chi connectivity index (χ2n) is 6.42. The molecule has 2 aromatic rings. The zero-order chi connectivity index (χ0) is 21.4. The molecule has 2 aromatic carbocycles. The van der Waals surface area contributed by atoms with Crippen LogP contribution in [0.1, 0.15) is 25.0 Å². The fourth-order valence-electron chi connectivity index (χ4n) is 3.13. The molecule has 0 fully saturated rings. The van der Waals surface area contributed by atoms with Gasteiger partial charge in [0.25, 0.3) is 0 Å². The number of rotatable bonds is 10. The molecule has 0 spiro atoms. The summed E-state index contributed by atoms with van der Waals surface area (Å²) in [5.41, 5.74) is 1.97. The first kappa shape index (κ1) is 22.3. The lowest BCUT2D eigenvalue weighted by atomic mass is 10.1. The molecule has 0 aliphatic carbocycles. The predicted molar refractivity (Wildman–Crippen MR) is 114 cm³/mol. The van der Waals surface area contributed by atoms with Gasteiger partial charge < -0.3 is 28.4 Å². The van der Waals surface area contributed by atoms with E-state index in [0.29, 0.717) is 40.9 Å². The van der Waals surface area contributed by atoms with Crippen molar-refractivity contribution in [2.45, 2.75) is 26.4 Å². The molecule has 1 atom stereocenters. The van der Waals surface area contributed by atoms with Gasteiger partial charge in [0.05, 0.1) is 35.5 Å². The zero-order valence-corrected chi connectivity index (χ0v) is 18.2. The van der Waals surface area contributed by atoms with Crippen LogP contribution in [0.25, 0.3) is 6.08 Å². The first-order valence-electron chi connectivity index (χ1n) is 9.35. The molecule has 0 unspecified atom stereocenters. The first-order chi connectivity index (χ1) is 14.0. The molecule has 0 aliphatic heterocycles. The van der Waals surface area contributed by atoms with Gasteiger partial charge in [-0.3, -0.25) is 0 Å². The smallest absolute Gasteiger partial charge is 0.203 e. The third kappa shape index (κ3) is 5.28. The summed E-state index contributed by atoms with van der Waals surface area (Å²) in [5.74, 6) is 3.60. The van der Waals surface area contributed by atoms with E-state index in [0.717, 1.165) is 11.1 Å². The lowest BCUT2D eigenvalue weighted by Gasteiger charge is -2.21. The summed E-state index contributed by atoms with van der Waals surface area (Å²) in [6.07, 6.45) is 4.41. The molecule has 29 heavy (non-hydrogen) atoms. The van der Waals surface area contributed by atoms with E-state index >= 15 is 0 Å². The second-order valence-corrected chi connectivity index (χ2v) is 6.42. The van der Waals surface area contributed by atoms with Crippen molar-refractivity contribution < 1.29 is 28.4 Å². The monoisotopic (exact) mass is 402 g/mol. The van der Waals surface area contributed by atoms with Gasteiger partial charge >= 0.3 is 0 Å². The number of hydrogen-bond acceptors (Lipinski definition) is 6. The van der Waals surface area contributed by atoms with Crippen molar-refractivity contribution in [3.8, 4) is 34.5 Å². The molecular formula is C23H30O6. The fraction of sp³-hybridized carbons (Fsp3) is 0.391. The number of hydrogen-bond donors (Lipinski definition) is 0. The molecule has 0 radical (unpaired) electrons. The Morgan fingerprint density at radius 1 is 0.724 bits per heavy atom. The summed E-state index contributed by atoms with van der Waals surface area (Å²) >= 11 is 0. The first-order valence-corrected chi connectivity index (χ1v) is 9.35. The van der Waals surface area contributed by atoms with Crippen LogP contribution in [0.4, 0.5) is 0 Å². The molecule has 158 valence electrons. The highest BCUT2D eigenvalue weighted by molar-refractivity contribution is 5.62. The van der Waals surface area contributed by atoms with Gasteiger partial charge in [-0.05, 0) is 49.2 Å². The van der Waals surface area contributed by atoms with E-state index < -0.39 is 0 Å². The minimum atomic E-state index is -0.159. The van der Waals surface area contributed by atoms with Gasteiger partial charge in [0.15, 0.2) is 23.0 Å². The fourth-order valence-corrected chi connectivity index (χ4v) is 3.13. The Hall–Kier alpha value is -3.02. The average molecular weight is 402 g/mol. The van der Waals surface area contributed by atoms with Crippen LogP contribution in [0.3, 0.4) is 0 Å². The molecule has 0 bridgehead atoms. The largest absolute Gasteiger partial charge is 0.493 e. The highest BCUT2D eigenvalue weighted by atomic mass is 16.5. The van der Waals surface area contributed by atoms with Crippen molar-refractivity contribution in [2.24, 2.45) is 0 Å². The van der Waals surface area contributed by atoms with E-state index in [2.05, 4.69) is 0 Å². The van der Waals surface area contributed by atoms with Crippen molar-refractivity contribution in [1.82, 2.24) is 0 Å². The molecule has 0 N–H and O–H groups in total. The average Bonchev–Trinajstić information content (AvgIpc) is 2.73. The van der Waals surface area contributed by atoms with E-state index in [1.807, 2.05) is 50.3 Å². The van der Waals surface area contributed by atoms with Gasteiger partial charge in [-0.15, -0.1) is 0 Å². The van der Waals surface area contributed by atoms with Crippen LogP contribution in [0, 0.1) is 0 Å². The normalized spacial score (nSPS) is 11.8. The van der Waals surface area contributed by atoms with E-state index in [1.165, 1.54) is 0 Å². The summed E-state index contributed by atoms with van der Waals surface area (Å²) in [4.78, 5) is 0. The molecule has 0 heterocycles. The van der Waals surface area contributed by atoms with Crippen molar-refractivity contribution in [2.75, 3.05) is 35.5 Å². The van der Waals surface area contributed by atoms with Crippen molar-refractivity contribution >= 4 is 6.08 Å². The van der Waals surface area contributed by atoms with E-state index in [1.54, 1.807) is 35.5 Å². The minimum Gasteiger partial charge on any atom is -0.493 e. The van der Waals surface area contributed by atoms with Crippen LogP contribution >= 0.6 is 0 Å².